The van der Waals surface area contributed by atoms with Gasteiger partial charge in [0.25, 0.3) is 0 Å². The largest absolute Gasteiger partial charge is 0.674 e. The average Bonchev–Trinajstić information content (AvgIpc) is 2.96. The van der Waals surface area contributed by atoms with Gasteiger partial charge in [0.05, 0.1) is 13.0 Å². The predicted molar refractivity (Wildman–Crippen MR) is 89.9 cm³/mol. The van der Waals surface area contributed by atoms with E-state index in [1.165, 1.54) is 12.3 Å². The van der Waals surface area contributed by atoms with Crippen LogP contribution in [0.4, 0.5) is 5.82 Å². The number of aromatic nitrogens is 2. The fraction of sp³-hybridized carbons (Fsp3) is 0.538. The Bertz CT molecular complexity index is 826. The highest BCUT2D eigenvalue weighted by Crippen LogP contribution is 2.28. The van der Waals surface area contributed by atoms with E-state index in [1.807, 2.05) is 0 Å². The molecule has 2 rings (SSSR count). The number of quaternary nitrogens is 1. The van der Waals surface area contributed by atoms with Crippen LogP contribution in [-0.4, -0.2) is 72.8 Å². The van der Waals surface area contributed by atoms with Crippen molar-refractivity contribution in [1.82, 2.24) is 9.55 Å². The van der Waals surface area contributed by atoms with Crippen molar-refractivity contribution in [3.8, 4) is 0 Å². The van der Waals surface area contributed by atoms with Crippen LogP contribution in [0.3, 0.4) is 0 Å². The number of hydrogen-bond acceptors (Lipinski definition) is 12. The summed E-state index contributed by atoms with van der Waals surface area (Å²) in [6.45, 7) is -0.541. The maximum Gasteiger partial charge on any atom is 0.479 e. The molecule has 0 bridgehead atoms. The lowest BCUT2D eigenvalue weighted by molar-refractivity contribution is -0.644. The van der Waals surface area contributed by atoms with Gasteiger partial charge in [0, 0.05) is 7.62 Å². The SMILES string of the molecule is O=[P+]([O-])O[O-].[HH].[NH3+][C@@H](CC(=O)Nc1ccn([C@@H]2O[C@H](CO)[C@H](O)C2O)c(=O)n1)C(=O)O. The van der Waals surface area contributed by atoms with Crippen molar-refractivity contribution in [1.29, 1.82) is 0 Å². The van der Waals surface area contributed by atoms with Gasteiger partial charge >= 0.3 is 19.9 Å². The Labute approximate surface area is 169 Å². The summed E-state index contributed by atoms with van der Waals surface area (Å²) < 4.78 is 17.4. The van der Waals surface area contributed by atoms with Gasteiger partial charge in [-0.3, -0.25) is 9.36 Å². The summed E-state index contributed by atoms with van der Waals surface area (Å²) >= 11 is 0. The second-order valence-electron chi connectivity index (χ2n) is 5.82. The van der Waals surface area contributed by atoms with Gasteiger partial charge in [-0.05, 0) is 10.6 Å². The molecule has 1 aliphatic heterocycles. The molecule has 8 N–H and O–H groups in total. The summed E-state index contributed by atoms with van der Waals surface area (Å²) in [4.78, 5) is 46.8. The van der Waals surface area contributed by atoms with Crippen molar-refractivity contribution in [2.75, 3.05) is 11.9 Å². The van der Waals surface area contributed by atoms with Gasteiger partial charge in [-0.25, -0.2) is 14.3 Å². The minimum atomic E-state index is -3.15. The summed E-state index contributed by atoms with van der Waals surface area (Å²) in [6, 6.07) is 0.103. The molecule has 2 heterocycles. The van der Waals surface area contributed by atoms with Crippen LogP contribution in [-0.2, 0) is 23.6 Å². The Balaban J connectivity index is 0.00000135. The Hall–Kier alpha value is -2.40. The number of aliphatic hydroxyl groups excluding tert-OH is 3. The molecule has 0 aliphatic carbocycles. The number of hydrogen-bond donors (Lipinski definition) is 6. The van der Waals surface area contributed by atoms with Gasteiger partial charge in [-0.1, -0.05) is 0 Å². The van der Waals surface area contributed by atoms with Crippen LogP contribution in [0.2, 0.25) is 0 Å². The molecule has 30 heavy (non-hydrogen) atoms. The minimum Gasteiger partial charge on any atom is -0.674 e. The molecule has 1 aliphatic rings. The number of anilines is 1. The molecule has 0 saturated carbocycles. The van der Waals surface area contributed by atoms with E-state index in [-0.39, 0.29) is 7.24 Å². The molecular formula is C13H21N4O12P. The Kier molecular flexibility index (Phi) is 10.00. The summed E-state index contributed by atoms with van der Waals surface area (Å²) in [5.41, 5.74) is 2.42. The van der Waals surface area contributed by atoms with Crippen LogP contribution in [0.15, 0.2) is 17.1 Å². The van der Waals surface area contributed by atoms with Gasteiger partial charge < -0.3 is 46.4 Å². The first-order valence-electron chi connectivity index (χ1n) is 8.03. The number of ether oxygens (including phenoxy) is 1. The second kappa shape index (κ2) is 11.7. The molecule has 0 aromatic carbocycles. The smallest absolute Gasteiger partial charge is 0.479 e. The van der Waals surface area contributed by atoms with Crippen LogP contribution in [0.1, 0.15) is 14.1 Å². The van der Waals surface area contributed by atoms with Gasteiger partial charge in [0.2, 0.25) is 5.91 Å². The third-order valence-electron chi connectivity index (χ3n) is 3.73. The van der Waals surface area contributed by atoms with Gasteiger partial charge in [-0.15, -0.1) is 0 Å². The summed E-state index contributed by atoms with van der Waals surface area (Å²) in [5.74, 6) is -2.03. The van der Waals surface area contributed by atoms with E-state index in [0.717, 1.165) is 4.57 Å². The normalized spacial score (nSPS) is 24.4. The molecule has 0 radical (unpaired) electrons. The molecule has 16 nitrogen and oxygen atoms in total. The number of carboxylic acids is 1. The monoisotopic (exact) mass is 456 g/mol. The Morgan fingerprint density at radius 2 is 2.07 bits per heavy atom. The van der Waals surface area contributed by atoms with E-state index in [1.54, 1.807) is 0 Å². The van der Waals surface area contributed by atoms with E-state index in [2.05, 4.69) is 20.7 Å². The number of aliphatic hydroxyl groups is 3. The summed E-state index contributed by atoms with van der Waals surface area (Å²) in [5, 5.41) is 48.1. The van der Waals surface area contributed by atoms with Crippen molar-refractivity contribution >= 4 is 25.9 Å². The molecule has 1 aromatic rings. The summed E-state index contributed by atoms with van der Waals surface area (Å²) in [7, 11) is -3.15. The first-order chi connectivity index (χ1) is 14.0. The molecule has 1 aromatic heterocycles. The van der Waals surface area contributed by atoms with Crippen molar-refractivity contribution in [2.24, 2.45) is 0 Å². The average molecular weight is 456 g/mol. The van der Waals surface area contributed by atoms with Crippen molar-refractivity contribution in [3.63, 3.8) is 0 Å². The molecule has 1 fully saturated rings. The lowest BCUT2D eigenvalue weighted by Crippen LogP contribution is -2.65. The highest BCUT2D eigenvalue weighted by atomic mass is 31.1. The number of nitrogens with one attached hydrogen (secondary N) is 1. The first-order valence-corrected chi connectivity index (χ1v) is 9.13. The Morgan fingerprint density at radius 1 is 1.47 bits per heavy atom. The lowest BCUT2D eigenvalue weighted by Gasteiger charge is -2.17. The fourth-order valence-electron chi connectivity index (χ4n) is 2.29. The van der Waals surface area contributed by atoms with Crippen molar-refractivity contribution in [3.05, 3.63) is 22.7 Å². The van der Waals surface area contributed by atoms with Gasteiger partial charge in [0.1, 0.15) is 24.1 Å². The number of amides is 1. The van der Waals surface area contributed by atoms with E-state index in [0.29, 0.717) is 0 Å². The molecule has 0 spiro atoms. The standard InChI is InChI=1S/C13H18N4O8.HO4P.H2/c14-5(12(22)23)3-8(19)15-7-1-2-17(13(24)16-7)11-10(21)9(20)6(4-18)25-11;1-4-5(2)3;/h1-2,5-6,9-11,18,20-21H,3-4,14H2,(H,22,23)(H,15,16,19,24);1H;1H/t5-,6+,9-,10?,11+;;/m0../s1. The lowest BCUT2D eigenvalue weighted by atomic mass is 10.1. The molecule has 170 valence electrons. The van der Waals surface area contributed by atoms with Crippen LogP contribution < -0.4 is 26.9 Å². The van der Waals surface area contributed by atoms with E-state index in [9.17, 15) is 24.6 Å². The van der Waals surface area contributed by atoms with Crippen LogP contribution in [0, 0.1) is 0 Å². The van der Waals surface area contributed by atoms with E-state index >= 15 is 0 Å². The van der Waals surface area contributed by atoms with Crippen LogP contribution in [0.25, 0.3) is 0 Å². The molecule has 2 unspecified atom stereocenters. The minimum absolute atomic E-state index is 0. The zero-order chi connectivity index (χ0) is 23.0. The van der Waals surface area contributed by atoms with E-state index < -0.39 is 69.4 Å². The van der Waals surface area contributed by atoms with Crippen LogP contribution >= 0.6 is 8.25 Å². The fourth-order valence-corrected chi connectivity index (χ4v) is 2.29. The highest BCUT2D eigenvalue weighted by molar-refractivity contribution is 7.30. The number of nitrogens with zero attached hydrogens (tertiary/aromatic N) is 2. The maximum absolute atomic E-state index is 12.0. The second-order valence-corrected chi connectivity index (χ2v) is 6.41. The molecular weight excluding hydrogens is 435 g/mol. The number of aliphatic carboxylic acids is 1. The Morgan fingerprint density at radius 3 is 2.50 bits per heavy atom. The third-order valence-corrected chi connectivity index (χ3v) is 3.85. The molecule has 17 heteroatoms. The molecule has 6 atom stereocenters. The quantitative estimate of drug-likeness (QED) is 0.127. The third kappa shape index (κ3) is 7.13. The van der Waals surface area contributed by atoms with E-state index in [4.69, 9.17) is 29.7 Å². The number of carbonyl (C=O) groups is 2. The number of rotatable bonds is 7. The predicted octanol–water partition coefficient (Wildman–Crippen LogP) is -5.58. The van der Waals surface area contributed by atoms with Gasteiger partial charge in [-0.2, -0.15) is 4.98 Å². The molecule has 1 amide bonds. The summed E-state index contributed by atoms with van der Waals surface area (Å²) in [6.07, 6.45) is -4.31. The van der Waals surface area contributed by atoms with Crippen molar-refractivity contribution in [2.45, 2.75) is 37.0 Å². The van der Waals surface area contributed by atoms with Crippen LogP contribution in [0.5, 0.6) is 0 Å². The number of carbonyl (C=O) groups excluding carboxylic acids is 1. The maximum atomic E-state index is 12.0. The van der Waals surface area contributed by atoms with Gasteiger partial charge in [0.15, 0.2) is 12.3 Å². The number of carboxylic acid groups (broad SMARTS) is 1. The molecule has 1 saturated heterocycles. The topological polar surface area (TPSA) is 271 Å². The zero-order valence-corrected chi connectivity index (χ0v) is 16.0. The highest BCUT2D eigenvalue weighted by Gasteiger charge is 2.43. The van der Waals surface area contributed by atoms with Crippen molar-refractivity contribution < 1.29 is 61.3 Å². The first kappa shape index (κ1) is 25.6. The zero-order valence-electron chi connectivity index (χ0n) is 15.1.